The molecule has 0 unspecified atom stereocenters. The second-order valence-electron chi connectivity index (χ2n) is 9.66. The number of pyridine rings is 1. The number of hydrogen-bond acceptors (Lipinski definition) is 7. The van der Waals surface area contributed by atoms with Crippen LogP contribution in [0.15, 0.2) is 52.4 Å². The lowest BCUT2D eigenvalue weighted by Crippen LogP contribution is -2.27. The number of anilines is 1. The number of nitrogens with one attached hydrogen (secondary N) is 2. The smallest absolute Gasteiger partial charge is 0.478 e. The third-order valence-electron chi connectivity index (χ3n) is 6.59. The van der Waals surface area contributed by atoms with E-state index in [2.05, 4.69) is 20.6 Å². The number of thioether (sulfide) groups is 1. The number of rotatable bonds is 6. The van der Waals surface area contributed by atoms with E-state index < -0.39 is 18.1 Å². The quantitative estimate of drug-likeness (QED) is 0.223. The van der Waals surface area contributed by atoms with Gasteiger partial charge in [-0.1, -0.05) is 31.0 Å². The summed E-state index contributed by atoms with van der Waals surface area (Å²) < 4.78 is 31.7. The number of carboxylic acid groups (broad SMARTS) is 2. The molecule has 10 nitrogen and oxygen atoms in total. The molecule has 0 radical (unpaired) electrons. The molecule has 44 heavy (non-hydrogen) atoms. The Morgan fingerprint density at radius 1 is 1.16 bits per heavy atom. The molecule has 5 rings (SSSR count). The number of amidine groups is 1. The van der Waals surface area contributed by atoms with Crippen LogP contribution in [0.2, 0.25) is 5.02 Å². The van der Waals surface area contributed by atoms with Gasteiger partial charge in [-0.2, -0.15) is 13.2 Å². The zero-order valence-electron chi connectivity index (χ0n) is 22.9. The van der Waals surface area contributed by atoms with E-state index in [4.69, 9.17) is 21.5 Å². The van der Waals surface area contributed by atoms with Crippen molar-refractivity contribution in [1.29, 1.82) is 0 Å². The largest absolute Gasteiger partial charge is 0.490 e. The molecule has 0 spiro atoms. The Morgan fingerprint density at radius 2 is 1.86 bits per heavy atom. The lowest BCUT2D eigenvalue weighted by Gasteiger charge is -2.24. The molecule has 1 aliphatic heterocycles. The van der Waals surface area contributed by atoms with Crippen LogP contribution in [0, 0.1) is 5.92 Å². The molecule has 0 atom stereocenters. The number of aromatic nitrogens is 1. The molecule has 2 aliphatic rings. The summed E-state index contributed by atoms with van der Waals surface area (Å²) in [5.74, 6) is -4.04. The number of carbonyl (C=O) groups excluding carboxylic acids is 2. The number of nitrogens with zero attached hydrogens (tertiary/aromatic N) is 2. The minimum Gasteiger partial charge on any atom is -0.478 e. The Balaban J connectivity index is 0.000000566. The number of fused-ring (bicyclic) bond motifs is 1. The Labute approximate surface area is 257 Å². The molecule has 0 bridgehead atoms. The van der Waals surface area contributed by atoms with E-state index in [9.17, 15) is 32.7 Å². The average Bonchev–Trinajstić information content (AvgIpc) is 3.26. The van der Waals surface area contributed by atoms with E-state index in [-0.39, 0.29) is 23.3 Å². The van der Waals surface area contributed by atoms with E-state index in [1.54, 1.807) is 36.4 Å². The number of aliphatic carboxylic acids is 1. The molecule has 2 amide bonds. The number of aliphatic imine (C=N–C) groups is 1. The molecule has 1 aliphatic carbocycles. The van der Waals surface area contributed by atoms with Gasteiger partial charge in [0, 0.05) is 17.0 Å². The third kappa shape index (κ3) is 7.94. The van der Waals surface area contributed by atoms with Crippen molar-refractivity contribution in [3.63, 3.8) is 0 Å². The Bertz CT molecular complexity index is 1720. The first-order valence-electron chi connectivity index (χ1n) is 13.1. The fraction of sp³-hybridized carbons (Fsp3) is 0.241. The molecular weight excluding hydrogens is 625 g/mol. The zero-order valence-corrected chi connectivity index (χ0v) is 24.4. The normalized spacial score (nSPS) is 16.7. The lowest BCUT2D eigenvalue weighted by molar-refractivity contribution is -0.192. The van der Waals surface area contributed by atoms with Crippen molar-refractivity contribution in [3.8, 4) is 0 Å². The van der Waals surface area contributed by atoms with Gasteiger partial charge in [-0.15, -0.1) is 0 Å². The highest BCUT2D eigenvalue weighted by atomic mass is 35.5. The van der Waals surface area contributed by atoms with Crippen LogP contribution in [-0.4, -0.2) is 50.3 Å². The van der Waals surface area contributed by atoms with Crippen LogP contribution in [0.3, 0.4) is 0 Å². The van der Waals surface area contributed by atoms with Gasteiger partial charge in [-0.25, -0.2) is 14.6 Å². The van der Waals surface area contributed by atoms with Crippen molar-refractivity contribution in [2.24, 2.45) is 10.9 Å². The van der Waals surface area contributed by atoms with Gasteiger partial charge in [0.25, 0.3) is 5.91 Å². The standard InChI is InChI=1S/C27H23ClN4O4S.C2HF3O2/c1-2-20-18(26(35)36)12-16-10-14(6-9-21(16)30-20)11-23-25(34)32-27(37-23)31-22-13-17(7-8-19(22)28)29-24(33)15-4-3-5-15;3-2(4,5)1(6)7/h6-13,15H,2-5H2,1H3,(H,29,33)(H,35,36)(H,31,32,34);(H,6,7). The van der Waals surface area contributed by atoms with Gasteiger partial charge in [0.05, 0.1) is 32.4 Å². The van der Waals surface area contributed by atoms with E-state index in [0.717, 1.165) is 24.8 Å². The number of halogens is 4. The zero-order chi connectivity index (χ0) is 32.2. The van der Waals surface area contributed by atoms with Crippen LogP contribution in [-0.2, 0) is 20.8 Å². The maximum atomic E-state index is 12.6. The lowest BCUT2D eigenvalue weighted by atomic mass is 9.85. The molecule has 1 saturated carbocycles. The van der Waals surface area contributed by atoms with Crippen LogP contribution in [0.1, 0.15) is 47.8 Å². The Morgan fingerprint density at radius 3 is 2.45 bits per heavy atom. The summed E-state index contributed by atoms with van der Waals surface area (Å²) in [4.78, 5) is 54.8. The number of amides is 2. The highest BCUT2D eigenvalue weighted by Crippen LogP contribution is 2.34. The van der Waals surface area contributed by atoms with Crippen molar-refractivity contribution in [2.45, 2.75) is 38.8 Å². The van der Waals surface area contributed by atoms with Crippen LogP contribution in [0.4, 0.5) is 24.5 Å². The second kappa shape index (κ2) is 13.5. The molecule has 2 heterocycles. The van der Waals surface area contributed by atoms with Gasteiger partial charge < -0.3 is 20.8 Å². The molecule has 2 aromatic carbocycles. The predicted octanol–water partition coefficient (Wildman–Crippen LogP) is 6.41. The number of aromatic carboxylic acids is 1. The second-order valence-corrected chi connectivity index (χ2v) is 11.1. The predicted molar refractivity (Wildman–Crippen MR) is 160 cm³/mol. The first-order valence-corrected chi connectivity index (χ1v) is 14.3. The van der Waals surface area contributed by atoms with E-state index in [0.29, 0.717) is 49.5 Å². The summed E-state index contributed by atoms with van der Waals surface area (Å²) in [6.45, 7) is 1.86. The van der Waals surface area contributed by atoms with Gasteiger partial charge in [-0.3, -0.25) is 14.6 Å². The van der Waals surface area contributed by atoms with Crippen molar-refractivity contribution in [2.75, 3.05) is 5.32 Å². The third-order valence-corrected chi connectivity index (χ3v) is 7.82. The molecule has 230 valence electrons. The minimum absolute atomic E-state index is 0.00656. The van der Waals surface area contributed by atoms with Crippen molar-refractivity contribution >= 4 is 80.6 Å². The number of carboxylic acids is 2. The number of benzene rings is 2. The van der Waals surface area contributed by atoms with E-state index in [1.165, 1.54) is 11.8 Å². The van der Waals surface area contributed by atoms with Crippen LogP contribution in [0.5, 0.6) is 0 Å². The molecule has 1 aromatic heterocycles. The van der Waals surface area contributed by atoms with Crippen LogP contribution >= 0.6 is 23.4 Å². The summed E-state index contributed by atoms with van der Waals surface area (Å²) in [7, 11) is 0. The average molecular weight is 649 g/mol. The van der Waals surface area contributed by atoms with Gasteiger partial charge >= 0.3 is 18.1 Å². The molecular formula is C29H24ClF3N4O6S. The number of aryl methyl sites for hydroxylation is 1. The van der Waals surface area contributed by atoms with E-state index >= 15 is 0 Å². The summed E-state index contributed by atoms with van der Waals surface area (Å²) >= 11 is 7.49. The summed E-state index contributed by atoms with van der Waals surface area (Å²) in [5, 5.41) is 23.7. The molecule has 3 aromatic rings. The number of alkyl halides is 3. The molecule has 2 fully saturated rings. The first kappa shape index (κ1) is 32.5. The molecule has 4 N–H and O–H groups in total. The summed E-state index contributed by atoms with van der Waals surface area (Å²) in [6.07, 6.45) is 0.0277. The summed E-state index contributed by atoms with van der Waals surface area (Å²) in [6, 6.07) is 12.1. The number of hydrogen-bond donors (Lipinski definition) is 4. The minimum atomic E-state index is -5.08. The maximum absolute atomic E-state index is 12.6. The number of carbonyl (C=O) groups is 4. The maximum Gasteiger partial charge on any atom is 0.490 e. The Hall–Kier alpha value is -4.43. The SMILES string of the molecule is CCc1nc2ccc(C=C3SC(=Nc4cc(NC(=O)C5CCC5)ccc4Cl)NC3=O)cc2cc1C(=O)O.O=C(O)C(F)(F)F. The fourth-order valence-electron chi connectivity index (χ4n) is 4.11. The summed E-state index contributed by atoms with van der Waals surface area (Å²) in [5.41, 5.74) is 3.15. The highest BCUT2D eigenvalue weighted by molar-refractivity contribution is 8.18. The van der Waals surface area contributed by atoms with E-state index in [1.807, 2.05) is 19.1 Å². The van der Waals surface area contributed by atoms with Crippen molar-refractivity contribution in [1.82, 2.24) is 10.3 Å². The first-order chi connectivity index (χ1) is 20.7. The van der Waals surface area contributed by atoms with Gasteiger partial charge in [-0.05, 0) is 79.1 Å². The topological polar surface area (TPSA) is 158 Å². The molecule has 1 saturated heterocycles. The highest BCUT2D eigenvalue weighted by Gasteiger charge is 2.38. The Kier molecular flexibility index (Phi) is 9.95. The van der Waals surface area contributed by atoms with Gasteiger partial charge in [0.15, 0.2) is 5.17 Å². The van der Waals surface area contributed by atoms with Gasteiger partial charge in [0.2, 0.25) is 5.91 Å². The van der Waals surface area contributed by atoms with Crippen LogP contribution < -0.4 is 10.6 Å². The van der Waals surface area contributed by atoms with Crippen LogP contribution in [0.25, 0.3) is 17.0 Å². The monoisotopic (exact) mass is 648 g/mol. The van der Waals surface area contributed by atoms with Crippen molar-refractivity contribution in [3.05, 3.63) is 69.2 Å². The fourth-order valence-corrected chi connectivity index (χ4v) is 5.11. The molecule has 15 heteroatoms. The van der Waals surface area contributed by atoms with Crippen molar-refractivity contribution < 1.29 is 42.6 Å². The van der Waals surface area contributed by atoms with Gasteiger partial charge in [0.1, 0.15) is 0 Å².